The second-order valence-electron chi connectivity index (χ2n) is 6.05. The van der Waals surface area contributed by atoms with E-state index in [4.69, 9.17) is 0 Å². The second kappa shape index (κ2) is 4.42. The maximum absolute atomic E-state index is 10.5. The molecule has 1 unspecified atom stereocenters. The van der Waals surface area contributed by atoms with Crippen LogP contribution in [0.3, 0.4) is 0 Å². The summed E-state index contributed by atoms with van der Waals surface area (Å²) in [5.74, 6) is 0. The molecule has 2 nitrogen and oxygen atoms in total. The Balaban J connectivity index is 1.93. The van der Waals surface area contributed by atoms with Crippen LogP contribution in [-0.2, 0) is 0 Å². The van der Waals surface area contributed by atoms with Gasteiger partial charge in [-0.25, -0.2) is 0 Å². The molecule has 0 amide bonds. The van der Waals surface area contributed by atoms with Gasteiger partial charge in [0.15, 0.2) is 0 Å². The molecular formula is C13H25NO. The first-order valence-corrected chi connectivity index (χ1v) is 6.55. The Kier molecular flexibility index (Phi) is 3.36. The highest BCUT2D eigenvalue weighted by molar-refractivity contribution is 4.92. The van der Waals surface area contributed by atoms with Gasteiger partial charge in [0.1, 0.15) is 0 Å². The number of aliphatic hydroxyl groups is 1. The minimum atomic E-state index is -0.412. The van der Waals surface area contributed by atoms with Crippen LogP contribution >= 0.6 is 0 Å². The quantitative estimate of drug-likeness (QED) is 0.735. The first kappa shape index (κ1) is 11.4. The van der Waals surface area contributed by atoms with Crippen LogP contribution in [0, 0.1) is 5.41 Å². The summed E-state index contributed by atoms with van der Waals surface area (Å²) in [6, 6.07) is 0. The van der Waals surface area contributed by atoms with E-state index in [-0.39, 0.29) is 0 Å². The maximum Gasteiger partial charge on any atom is 0.0777 e. The first-order chi connectivity index (χ1) is 7.12. The van der Waals surface area contributed by atoms with Crippen molar-refractivity contribution in [3.8, 4) is 0 Å². The minimum Gasteiger partial charge on any atom is -0.389 e. The molecule has 0 aromatic rings. The zero-order valence-electron chi connectivity index (χ0n) is 10.0. The van der Waals surface area contributed by atoms with Crippen molar-refractivity contribution in [3.05, 3.63) is 0 Å². The van der Waals surface area contributed by atoms with Gasteiger partial charge in [0.05, 0.1) is 5.60 Å². The van der Waals surface area contributed by atoms with Gasteiger partial charge in [-0.2, -0.15) is 0 Å². The number of hydrogen-bond donors (Lipinski definition) is 2. The highest BCUT2D eigenvalue weighted by Crippen LogP contribution is 2.43. The Hall–Kier alpha value is -0.0800. The van der Waals surface area contributed by atoms with Crippen molar-refractivity contribution in [1.82, 2.24) is 5.32 Å². The van der Waals surface area contributed by atoms with Gasteiger partial charge in [-0.05, 0) is 44.1 Å². The molecule has 0 spiro atoms. The topological polar surface area (TPSA) is 32.3 Å². The molecule has 0 bridgehead atoms. The highest BCUT2D eigenvalue weighted by atomic mass is 16.3. The molecule has 88 valence electrons. The third-order valence-corrected chi connectivity index (χ3v) is 4.27. The van der Waals surface area contributed by atoms with Crippen molar-refractivity contribution < 1.29 is 5.11 Å². The average molecular weight is 211 g/mol. The molecule has 0 radical (unpaired) electrons. The highest BCUT2D eigenvalue weighted by Gasteiger charge is 2.38. The van der Waals surface area contributed by atoms with Crippen LogP contribution in [0.15, 0.2) is 0 Å². The molecule has 2 rings (SSSR count). The molecule has 2 N–H and O–H groups in total. The van der Waals surface area contributed by atoms with Crippen LogP contribution in [-0.4, -0.2) is 23.8 Å². The summed E-state index contributed by atoms with van der Waals surface area (Å²) >= 11 is 0. The first-order valence-electron chi connectivity index (χ1n) is 6.55. The van der Waals surface area contributed by atoms with Gasteiger partial charge in [-0.15, -0.1) is 0 Å². The van der Waals surface area contributed by atoms with Crippen molar-refractivity contribution in [2.45, 2.75) is 63.9 Å². The maximum atomic E-state index is 10.5. The average Bonchev–Trinajstić information content (AvgIpc) is 2.18. The van der Waals surface area contributed by atoms with Crippen LogP contribution in [0.1, 0.15) is 58.3 Å². The van der Waals surface area contributed by atoms with Gasteiger partial charge in [-0.1, -0.05) is 26.2 Å². The Morgan fingerprint density at radius 1 is 1.07 bits per heavy atom. The molecule has 1 saturated heterocycles. The summed E-state index contributed by atoms with van der Waals surface area (Å²) in [6.07, 6.45) is 9.88. The number of rotatable bonds is 2. The number of nitrogens with one attached hydrogen (secondary N) is 1. The molecule has 2 fully saturated rings. The Morgan fingerprint density at radius 3 is 2.40 bits per heavy atom. The molecule has 2 heteroatoms. The summed E-state index contributed by atoms with van der Waals surface area (Å²) in [4.78, 5) is 0. The lowest BCUT2D eigenvalue weighted by molar-refractivity contribution is -0.0338. The van der Waals surface area contributed by atoms with Crippen LogP contribution in [0.5, 0.6) is 0 Å². The second-order valence-corrected chi connectivity index (χ2v) is 6.05. The van der Waals surface area contributed by atoms with E-state index in [0.717, 1.165) is 32.4 Å². The van der Waals surface area contributed by atoms with E-state index in [0.29, 0.717) is 5.41 Å². The minimum absolute atomic E-state index is 0.409. The van der Waals surface area contributed by atoms with E-state index in [1.54, 1.807) is 0 Å². The smallest absolute Gasteiger partial charge is 0.0777 e. The predicted octanol–water partition coefficient (Wildman–Crippen LogP) is 2.46. The van der Waals surface area contributed by atoms with Crippen molar-refractivity contribution in [1.29, 1.82) is 0 Å². The van der Waals surface area contributed by atoms with Gasteiger partial charge in [0.25, 0.3) is 0 Å². The van der Waals surface area contributed by atoms with Crippen molar-refractivity contribution >= 4 is 0 Å². The molecule has 0 aromatic heterocycles. The van der Waals surface area contributed by atoms with Crippen LogP contribution < -0.4 is 5.32 Å². The Morgan fingerprint density at radius 2 is 1.80 bits per heavy atom. The van der Waals surface area contributed by atoms with E-state index >= 15 is 0 Å². The lowest BCUT2D eigenvalue weighted by Crippen LogP contribution is -2.48. The van der Waals surface area contributed by atoms with Gasteiger partial charge >= 0.3 is 0 Å². The van der Waals surface area contributed by atoms with Crippen LogP contribution in [0.2, 0.25) is 0 Å². The summed E-state index contributed by atoms with van der Waals surface area (Å²) in [7, 11) is 0. The molecular weight excluding hydrogens is 186 g/mol. The molecule has 2 aliphatic rings. The Labute approximate surface area is 93.5 Å². The van der Waals surface area contributed by atoms with Gasteiger partial charge < -0.3 is 10.4 Å². The van der Waals surface area contributed by atoms with Gasteiger partial charge in [-0.3, -0.25) is 0 Å². The fourth-order valence-electron chi connectivity index (χ4n) is 3.48. The van der Waals surface area contributed by atoms with E-state index in [9.17, 15) is 5.11 Å². The predicted molar refractivity (Wildman–Crippen MR) is 62.9 cm³/mol. The van der Waals surface area contributed by atoms with E-state index in [2.05, 4.69) is 12.2 Å². The van der Waals surface area contributed by atoms with Crippen molar-refractivity contribution in [3.63, 3.8) is 0 Å². The van der Waals surface area contributed by atoms with E-state index < -0.39 is 5.60 Å². The largest absolute Gasteiger partial charge is 0.389 e. The zero-order chi connectivity index (χ0) is 10.8. The normalized spacial score (nSPS) is 36.4. The SMILES string of the molecule is CC1(CC2(O)CCCNC2)CCCCC1. The summed E-state index contributed by atoms with van der Waals surface area (Å²) in [6.45, 7) is 4.26. The lowest BCUT2D eigenvalue weighted by Gasteiger charge is -2.42. The van der Waals surface area contributed by atoms with Crippen molar-refractivity contribution in [2.24, 2.45) is 5.41 Å². The molecule has 0 aromatic carbocycles. The lowest BCUT2D eigenvalue weighted by atomic mass is 9.68. The van der Waals surface area contributed by atoms with Gasteiger partial charge in [0, 0.05) is 6.54 Å². The zero-order valence-corrected chi connectivity index (χ0v) is 10.0. The third-order valence-electron chi connectivity index (χ3n) is 4.27. The molecule has 1 atom stereocenters. The molecule has 1 saturated carbocycles. The summed E-state index contributed by atoms with van der Waals surface area (Å²) in [5, 5.41) is 13.9. The van der Waals surface area contributed by atoms with E-state index in [1.807, 2.05) is 0 Å². The van der Waals surface area contributed by atoms with Gasteiger partial charge in [0.2, 0.25) is 0 Å². The van der Waals surface area contributed by atoms with E-state index in [1.165, 1.54) is 32.1 Å². The number of β-amino-alcohol motifs (C(OH)–C–C–N with tert-alkyl or cyclic N) is 1. The van der Waals surface area contributed by atoms with Crippen molar-refractivity contribution in [2.75, 3.05) is 13.1 Å². The Bertz CT molecular complexity index is 181. The van der Waals surface area contributed by atoms with Crippen LogP contribution in [0.4, 0.5) is 0 Å². The summed E-state index contributed by atoms with van der Waals surface area (Å²) in [5.41, 5.74) is -0.00361. The number of hydrogen-bond acceptors (Lipinski definition) is 2. The molecule has 15 heavy (non-hydrogen) atoms. The standard InChI is InChI=1S/C13H25NO/c1-12(6-3-2-4-7-12)10-13(15)8-5-9-14-11-13/h14-15H,2-11H2,1H3. The number of piperidine rings is 1. The third kappa shape index (κ3) is 2.94. The fourth-order valence-corrected chi connectivity index (χ4v) is 3.48. The summed E-state index contributed by atoms with van der Waals surface area (Å²) < 4.78 is 0. The van der Waals surface area contributed by atoms with Crippen LogP contribution in [0.25, 0.3) is 0 Å². The molecule has 1 heterocycles. The molecule has 1 aliphatic heterocycles. The molecule has 1 aliphatic carbocycles. The fraction of sp³-hybridized carbons (Fsp3) is 1.00. The monoisotopic (exact) mass is 211 g/mol.